The summed E-state index contributed by atoms with van der Waals surface area (Å²) in [5.41, 5.74) is 1.11. The first-order chi connectivity index (χ1) is 18.5. The van der Waals surface area contributed by atoms with Crippen LogP contribution in [-0.4, -0.2) is 13.0 Å². The summed E-state index contributed by atoms with van der Waals surface area (Å²) >= 11 is 0. The molecule has 0 aromatic heterocycles. The van der Waals surface area contributed by atoms with Crippen molar-refractivity contribution in [3.05, 3.63) is 29.8 Å². The molecule has 0 bridgehead atoms. The molecule has 39 heavy (non-hydrogen) atoms. The molecule has 0 fully saturated rings. The molecule has 0 aliphatic rings. The van der Waals surface area contributed by atoms with Gasteiger partial charge in [0.15, 0.2) is 0 Å². The summed E-state index contributed by atoms with van der Waals surface area (Å²) in [5.74, 6) is 0. The summed E-state index contributed by atoms with van der Waals surface area (Å²) in [6.45, 7) is 2.29. The molecule has 0 amide bonds. The van der Waals surface area contributed by atoms with E-state index in [1.54, 1.807) is 12.1 Å². The molecular formula is C34H61NaO3S. The van der Waals surface area contributed by atoms with Gasteiger partial charge in [-0.2, -0.15) is 0 Å². The molecule has 0 saturated carbocycles. The van der Waals surface area contributed by atoms with Crippen LogP contribution in [0.1, 0.15) is 179 Å². The smallest absolute Gasteiger partial charge is 0.744 e. The number of benzene rings is 1. The Bertz CT molecular complexity index is 733. The second-order valence-corrected chi connectivity index (χ2v) is 13.1. The zero-order chi connectivity index (χ0) is 27.6. The molecule has 0 N–H and O–H groups in total. The van der Waals surface area contributed by atoms with Crippen molar-refractivity contribution < 1.29 is 42.5 Å². The Morgan fingerprint density at radius 2 is 0.718 bits per heavy atom. The minimum atomic E-state index is -4.33. The van der Waals surface area contributed by atoms with E-state index in [0.717, 1.165) is 18.4 Å². The van der Waals surface area contributed by atoms with E-state index in [1.165, 1.54) is 173 Å². The van der Waals surface area contributed by atoms with Gasteiger partial charge in [0, 0.05) is 0 Å². The van der Waals surface area contributed by atoms with Gasteiger partial charge in [-0.1, -0.05) is 180 Å². The summed E-state index contributed by atoms with van der Waals surface area (Å²) in [5, 5.41) is 0. The predicted molar refractivity (Wildman–Crippen MR) is 164 cm³/mol. The maximum atomic E-state index is 11.0. The van der Waals surface area contributed by atoms with Gasteiger partial charge in [-0.05, 0) is 30.5 Å². The van der Waals surface area contributed by atoms with Crippen LogP contribution in [0, 0.1) is 0 Å². The van der Waals surface area contributed by atoms with Gasteiger partial charge < -0.3 is 4.55 Å². The summed E-state index contributed by atoms with van der Waals surface area (Å²) in [7, 11) is -4.33. The summed E-state index contributed by atoms with van der Waals surface area (Å²) in [6.07, 6.45) is 37.5. The molecule has 1 aromatic carbocycles. The fourth-order valence-electron chi connectivity index (χ4n) is 5.47. The third-order valence-corrected chi connectivity index (χ3v) is 8.88. The van der Waals surface area contributed by atoms with Crippen LogP contribution in [0.15, 0.2) is 29.2 Å². The number of unbranched alkanes of at least 4 members (excludes halogenated alkanes) is 25. The second-order valence-electron chi connectivity index (χ2n) is 11.7. The van der Waals surface area contributed by atoms with E-state index in [0.29, 0.717) is 0 Å². The van der Waals surface area contributed by atoms with Crippen molar-refractivity contribution in [2.75, 3.05) is 0 Å². The Morgan fingerprint density at radius 1 is 0.462 bits per heavy atom. The van der Waals surface area contributed by atoms with Gasteiger partial charge >= 0.3 is 29.6 Å². The van der Waals surface area contributed by atoms with E-state index in [2.05, 4.69) is 6.92 Å². The van der Waals surface area contributed by atoms with Gasteiger partial charge in [0.25, 0.3) is 0 Å². The third-order valence-electron chi connectivity index (χ3n) is 8.03. The maximum Gasteiger partial charge on any atom is 1.00 e. The molecule has 1 aromatic rings. The maximum absolute atomic E-state index is 11.0. The molecule has 0 unspecified atom stereocenters. The zero-order valence-corrected chi connectivity index (χ0v) is 28.9. The molecule has 0 atom stereocenters. The molecule has 0 radical (unpaired) electrons. The third kappa shape index (κ3) is 25.6. The van der Waals surface area contributed by atoms with Crippen LogP contribution in [0.25, 0.3) is 0 Å². The topological polar surface area (TPSA) is 57.2 Å². The largest absolute Gasteiger partial charge is 1.00 e. The molecule has 5 heteroatoms. The first kappa shape index (κ1) is 39.1. The van der Waals surface area contributed by atoms with Crippen LogP contribution in [0.2, 0.25) is 0 Å². The summed E-state index contributed by atoms with van der Waals surface area (Å²) in [4.78, 5) is -0.133. The molecule has 0 spiro atoms. The molecule has 0 saturated heterocycles. The standard InChI is InChI=1S/C34H62O3S.Na/c1-2-3-4-5-6-7-8-9-10-11-12-13-14-15-16-17-18-19-20-21-22-23-24-25-26-27-28-33-29-31-34(32-30-33)38(35,36)37;/h29-32H,2-28H2,1H3,(H,35,36,37);/q;+1/p-1. The molecule has 1 rings (SSSR count). The van der Waals surface area contributed by atoms with Crippen LogP contribution in [0.5, 0.6) is 0 Å². The SMILES string of the molecule is CCCCCCCCCCCCCCCCCCCCCCCCCCCCc1ccc(S(=O)(=O)[O-])cc1.[Na+]. The van der Waals surface area contributed by atoms with Crippen LogP contribution >= 0.6 is 0 Å². The molecule has 3 nitrogen and oxygen atoms in total. The van der Waals surface area contributed by atoms with E-state index in [9.17, 15) is 13.0 Å². The molecule has 222 valence electrons. The molecule has 0 heterocycles. The summed E-state index contributed by atoms with van der Waals surface area (Å²) < 4.78 is 32.9. The second kappa shape index (κ2) is 28.3. The predicted octanol–water partition coefficient (Wildman–Crippen LogP) is 8.30. The van der Waals surface area contributed by atoms with E-state index in [4.69, 9.17) is 0 Å². The minimum Gasteiger partial charge on any atom is -0.744 e. The van der Waals surface area contributed by atoms with Crippen molar-refractivity contribution in [2.24, 2.45) is 0 Å². The Kier molecular flexibility index (Phi) is 28.4. The van der Waals surface area contributed by atoms with Crippen LogP contribution in [-0.2, 0) is 16.5 Å². The first-order valence-electron chi connectivity index (χ1n) is 16.6. The van der Waals surface area contributed by atoms with Crippen molar-refractivity contribution >= 4 is 10.1 Å². The Labute approximate surface area is 266 Å². The minimum absolute atomic E-state index is 0. The van der Waals surface area contributed by atoms with Crippen LogP contribution in [0.3, 0.4) is 0 Å². The monoisotopic (exact) mass is 572 g/mol. The van der Waals surface area contributed by atoms with Crippen LogP contribution < -0.4 is 29.6 Å². The normalized spacial score (nSPS) is 11.5. The van der Waals surface area contributed by atoms with Crippen LogP contribution in [0.4, 0.5) is 0 Å². The number of hydrogen-bond acceptors (Lipinski definition) is 3. The van der Waals surface area contributed by atoms with Gasteiger partial charge in [0.1, 0.15) is 10.1 Å². The zero-order valence-electron chi connectivity index (χ0n) is 26.0. The van der Waals surface area contributed by atoms with E-state index < -0.39 is 10.1 Å². The van der Waals surface area contributed by atoms with Gasteiger partial charge in [-0.15, -0.1) is 0 Å². The average molecular weight is 573 g/mol. The Hall–Kier alpha value is 0.130. The average Bonchev–Trinajstić information content (AvgIpc) is 2.90. The fourth-order valence-corrected chi connectivity index (χ4v) is 5.94. The van der Waals surface area contributed by atoms with E-state index in [-0.39, 0.29) is 34.5 Å². The van der Waals surface area contributed by atoms with Crippen molar-refractivity contribution in [1.82, 2.24) is 0 Å². The quantitative estimate of drug-likeness (QED) is 0.0576. The number of rotatable bonds is 28. The summed E-state index contributed by atoms with van der Waals surface area (Å²) in [6, 6.07) is 6.39. The van der Waals surface area contributed by atoms with Crippen molar-refractivity contribution in [2.45, 2.75) is 185 Å². The van der Waals surface area contributed by atoms with Gasteiger partial charge in [-0.3, -0.25) is 0 Å². The van der Waals surface area contributed by atoms with Gasteiger partial charge in [-0.25, -0.2) is 8.42 Å². The van der Waals surface area contributed by atoms with E-state index in [1.807, 2.05) is 0 Å². The molecule has 0 aliphatic carbocycles. The van der Waals surface area contributed by atoms with Gasteiger partial charge in [0.2, 0.25) is 0 Å². The molecular weight excluding hydrogens is 511 g/mol. The first-order valence-corrected chi connectivity index (χ1v) is 18.0. The fraction of sp³-hybridized carbons (Fsp3) is 0.824. The Morgan fingerprint density at radius 3 is 0.974 bits per heavy atom. The Balaban J connectivity index is 0.0000144. The van der Waals surface area contributed by atoms with Crippen molar-refractivity contribution in [3.63, 3.8) is 0 Å². The van der Waals surface area contributed by atoms with Gasteiger partial charge in [0.05, 0.1) is 4.90 Å². The number of hydrogen-bond donors (Lipinski definition) is 0. The number of aryl methyl sites for hydroxylation is 1. The van der Waals surface area contributed by atoms with E-state index >= 15 is 0 Å². The molecule has 0 aliphatic heterocycles. The van der Waals surface area contributed by atoms with Crippen molar-refractivity contribution in [1.29, 1.82) is 0 Å². The van der Waals surface area contributed by atoms with Crippen molar-refractivity contribution in [3.8, 4) is 0 Å².